The molecular formula is C16H26N4O2S. The van der Waals surface area contributed by atoms with E-state index in [4.69, 9.17) is 4.74 Å². The lowest BCUT2D eigenvalue weighted by Gasteiger charge is -2.39. The van der Waals surface area contributed by atoms with Crippen LogP contribution in [0.25, 0.3) is 0 Å². The van der Waals surface area contributed by atoms with E-state index >= 15 is 0 Å². The Hall–Kier alpha value is -1.18. The number of urea groups is 1. The molecule has 128 valence electrons. The molecule has 0 aromatic carbocycles. The summed E-state index contributed by atoms with van der Waals surface area (Å²) in [4.78, 5) is 20.1. The maximum Gasteiger partial charge on any atom is 0.316 e. The highest BCUT2D eigenvalue weighted by atomic mass is 32.1. The first-order chi connectivity index (χ1) is 11.1. The van der Waals surface area contributed by atoms with Gasteiger partial charge in [0, 0.05) is 45.3 Å². The van der Waals surface area contributed by atoms with Crippen LogP contribution >= 0.6 is 11.3 Å². The predicted molar refractivity (Wildman–Crippen MR) is 90.5 cm³/mol. The minimum absolute atomic E-state index is 0.0248. The van der Waals surface area contributed by atoms with Crippen molar-refractivity contribution in [3.05, 3.63) is 16.6 Å². The van der Waals surface area contributed by atoms with Gasteiger partial charge in [-0.3, -0.25) is 4.90 Å². The van der Waals surface area contributed by atoms with Crippen molar-refractivity contribution >= 4 is 17.4 Å². The fourth-order valence-corrected chi connectivity index (χ4v) is 4.17. The van der Waals surface area contributed by atoms with E-state index in [0.717, 1.165) is 38.9 Å². The van der Waals surface area contributed by atoms with Crippen molar-refractivity contribution in [2.24, 2.45) is 0 Å². The van der Waals surface area contributed by atoms with Gasteiger partial charge in [0.25, 0.3) is 0 Å². The van der Waals surface area contributed by atoms with E-state index in [-0.39, 0.29) is 17.7 Å². The predicted octanol–water partition coefficient (Wildman–Crippen LogP) is 1.93. The summed E-state index contributed by atoms with van der Waals surface area (Å²) < 4.78 is 6.42. The number of likely N-dealkylation sites (tertiary alicyclic amines) is 1. The average molecular weight is 338 g/mol. The van der Waals surface area contributed by atoms with Gasteiger partial charge in [0.15, 0.2) is 0 Å². The van der Waals surface area contributed by atoms with E-state index in [2.05, 4.69) is 15.2 Å². The van der Waals surface area contributed by atoms with E-state index in [9.17, 15) is 4.79 Å². The first kappa shape index (κ1) is 16.7. The molecule has 2 saturated heterocycles. The Kier molecular flexibility index (Phi) is 5.18. The summed E-state index contributed by atoms with van der Waals surface area (Å²) in [6.07, 6.45) is 6.41. The molecule has 2 aliphatic heterocycles. The van der Waals surface area contributed by atoms with Crippen LogP contribution in [-0.2, 0) is 11.3 Å². The van der Waals surface area contributed by atoms with Crippen molar-refractivity contribution in [2.45, 2.75) is 43.9 Å². The SMILES string of the molecule is CN(C)C(=O)NC[C@@H]1CCC[C@]2(CCN(Cc3nccs3)C2)O1. The zero-order chi connectivity index (χ0) is 16.3. The first-order valence-electron chi connectivity index (χ1n) is 8.30. The summed E-state index contributed by atoms with van der Waals surface area (Å²) in [5, 5.41) is 6.15. The van der Waals surface area contributed by atoms with Crippen LogP contribution in [0.2, 0.25) is 0 Å². The molecule has 1 aromatic heterocycles. The van der Waals surface area contributed by atoms with E-state index in [1.54, 1.807) is 30.3 Å². The summed E-state index contributed by atoms with van der Waals surface area (Å²) in [7, 11) is 3.51. The second kappa shape index (κ2) is 7.15. The standard InChI is InChI=1S/C16H26N4O2S/c1-19(2)15(21)18-10-13-4-3-5-16(22-13)6-8-20(12-16)11-14-17-7-9-23-14/h7,9,13H,3-6,8,10-12H2,1-2H3,(H,18,21)/t13-,16+/m0/s1. The third-order valence-corrected chi connectivity index (χ3v) is 5.46. The van der Waals surface area contributed by atoms with Crippen molar-refractivity contribution in [2.75, 3.05) is 33.7 Å². The number of nitrogens with one attached hydrogen (secondary N) is 1. The highest BCUT2D eigenvalue weighted by Gasteiger charge is 2.43. The van der Waals surface area contributed by atoms with E-state index in [1.165, 1.54) is 11.4 Å². The van der Waals surface area contributed by atoms with Crippen molar-refractivity contribution in [3.8, 4) is 0 Å². The Balaban J connectivity index is 1.50. The van der Waals surface area contributed by atoms with Crippen LogP contribution in [0.5, 0.6) is 0 Å². The van der Waals surface area contributed by atoms with Gasteiger partial charge in [0.1, 0.15) is 5.01 Å². The maximum absolute atomic E-state index is 11.7. The molecule has 2 fully saturated rings. The van der Waals surface area contributed by atoms with Crippen LogP contribution in [0, 0.1) is 0 Å². The van der Waals surface area contributed by atoms with Gasteiger partial charge in [-0.25, -0.2) is 9.78 Å². The number of carbonyl (C=O) groups excluding carboxylic acids is 1. The highest BCUT2D eigenvalue weighted by Crippen LogP contribution is 2.37. The van der Waals surface area contributed by atoms with Crippen LogP contribution in [0.3, 0.4) is 0 Å². The van der Waals surface area contributed by atoms with Crippen LogP contribution < -0.4 is 5.32 Å². The number of amides is 2. The minimum Gasteiger partial charge on any atom is -0.369 e. The molecule has 0 unspecified atom stereocenters. The fraction of sp³-hybridized carbons (Fsp3) is 0.750. The monoisotopic (exact) mass is 338 g/mol. The molecule has 7 heteroatoms. The quantitative estimate of drug-likeness (QED) is 0.911. The largest absolute Gasteiger partial charge is 0.369 e. The lowest BCUT2D eigenvalue weighted by molar-refractivity contribution is -0.118. The third-order valence-electron chi connectivity index (χ3n) is 4.70. The molecule has 2 atom stereocenters. The summed E-state index contributed by atoms with van der Waals surface area (Å²) in [5.74, 6) is 0. The third kappa shape index (κ3) is 4.22. The smallest absolute Gasteiger partial charge is 0.316 e. The first-order valence-corrected chi connectivity index (χ1v) is 9.18. The van der Waals surface area contributed by atoms with Gasteiger partial charge in [-0.2, -0.15) is 0 Å². The number of nitrogens with zero attached hydrogens (tertiary/aromatic N) is 3. The minimum atomic E-state index is -0.0509. The number of rotatable bonds is 4. The molecule has 6 nitrogen and oxygen atoms in total. The zero-order valence-electron chi connectivity index (χ0n) is 14.0. The molecule has 0 bridgehead atoms. The van der Waals surface area contributed by atoms with Gasteiger partial charge in [-0.15, -0.1) is 11.3 Å². The van der Waals surface area contributed by atoms with Crippen LogP contribution in [0.1, 0.15) is 30.7 Å². The Morgan fingerprint density at radius 2 is 2.43 bits per heavy atom. The molecule has 1 N–H and O–H groups in total. The Bertz CT molecular complexity index is 522. The number of thiazole rings is 1. The van der Waals surface area contributed by atoms with Gasteiger partial charge in [-0.05, 0) is 25.7 Å². The van der Waals surface area contributed by atoms with Crippen molar-refractivity contribution in [1.82, 2.24) is 20.1 Å². The zero-order valence-corrected chi connectivity index (χ0v) is 14.8. The van der Waals surface area contributed by atoms with Gasteiger partial charge in [-0.1, -0.05) is 0 Å². The van der Waals surface area contributed by atoms with Gasteiger partial charge in [0.05, 0.1) is 18.2 Å². The normalized spacial score (nSPS) is 28.2. The molecule has 3 heterocycles. The molecule has 0 radical (unpaired) electrons. The number of aromatic nitrogens is 1. The Morgan fingerprint density at radius 3 is 3.17 bits per heavy atom. The van der Waals surface area contributed by atoms with E-state index < -0.39 is 0 Å². The summed E-state index contributed by atoms with van der Waals surface area (Å²) in [5.41, 5.74) is -0.0248. The van der Waals surface area contributed by atoms with E-state index in [1.807, 2.05) is 11.6 Å². The second-order valence-corrected chi connectivity index (χ2v) is 7.76. The van der Waals surface area contributed by atoms with Crippen LogP contribution in [0.15, 0.2) is 11.6 Å². The van der Waals surface area contributed by atoms with E-state index in [0.29, 0.717) is 6.54 Å². The fourth-order valence-electron chi connectivity index (χ4n) is 3.51. The highest BCUT2D eigenvalue weighted by molar-refractivity contribution is 7.09. The Labute approximate surface area is 141 Å². The van der Waals surface area contributed by atoms with Crippen LogP contribution in [-0.4, -0.2) is 66.2 Å². The topological polar surface area (TPSA) is 57.7 Å². The molecular weight excluding hydrogens is 312 g/mol. The number of hydrogen-bond donors (Lipinski definition) is 1. The molecule has 0 saturated carbocycles. The molecule has 1 spiro atoms. The van der Waals surface area contributed by atoms with Crippen molar-refractivity contribution in [3.63, 3.8) is 0 Å². The number of carbonyl (C=O) groups is 1. The van der Waals surface area contributed by atoms with Crippen molar-refractivity contribution in [1.29, 1.82) is 0 Å². The molecule has 2 aliphatic rings. The number of ether oxygens (including phenoxy) is 1. The van der Waals surface area contributed by atoms with Gasteiger partial charge < -0.3 is 15.0 Å². The second-order valence-electron chi connectivity index (χ2n) is 6.78. The Morgan fingerprint density at radius 1 is 1.57 bits per heavy atom. The number of hydrogen-bond acceptors (Lipinski definition) is 5. The summed E-state index contributed by atoms with van der Waals surface area (Å²) in [6, 6.07) is -0.0509. The molecule has 2 amide bonds. The molecule has 3 rings (SSSR count). The van der Waals surface area contributed by atoms with Crippen LogP contribution in [0.4, 0.5) is 4.79 Å². The lowest BCUT2D eigenvalue weighted by atomic mass is 9.90. The molecule has 1 aromatic rings. The van der Waals surface area contributed by atoms with Crippen molar-refractivity contribution < 1.29 is 9.53 Å². The van der Waals surface area contributed by atoms with Gasteiger partial charge >= 0.3 is 6.03 Å². The summed E-state index contributed by atoms with van der Waals surface area (Å²) in [6.45, 7) is 3.57. The molecule has 0 aliphatic carbocycles. The molecule has 23 heavy (non-hydrogen) atoms. The van der Waals surface area contributed by atoms with Gasteiger partial charge in [0.2, 0.25) is 0 Å². The summed E-state index contributed by atoms with van der Waals surface area (Å²) >= 11 is 1.71. The average Bonchev–Trinajstić information content (AvgIpc) is 3.16. The maximum atomic E-state index is 11.7. The lowest BCUT2D eigenvalue weighted by Crippen LogP contribution is -2.48.